The summed E-state index contributed by atoms with van der Waals surface area (Å²) in [6.45, 7) is 5.47. The summed E-state index contributed by atoms with van der Waals surface area (Å²) in [6.07, 6.45) is 2.76. The topological polar surface area (TPSA) is 72.4 Å². The lowest BCUT2D eigenvalue weighted by Crippen LogP contribution is -2.36. The van der Waals surface area contributed by atoms with Crippen molar-refractivity contribution in [3.05, 3.63) is 40.5 Å². The minimum absolute atomic E-state index is 0.191. The van der Waals surface area contributed by atoms with Crippen molar-refractivity contribution in [1.29, 1.82) is 0 Å². The summed E-state index contributed by atoms with van der Waals surface area (Å²) in [4.78, 5) is 34.6. The summed E-state index contributed by atoms with van der Waals surface area (Å²) in [7, 11) is 0. The number of halogens is 1. The number of thioether (sulfide) groups is 1. The molecule has 1 aromatic heterocycles. The SMILES string of the molecule is CSc1ncc(Cl)c(-c2ccc3c(c2)C(=O)N(C(=O)OC(C)(C)C)C3)n1. The summed E-state index contributed by atoms with van der Waals surface area (Å²) in [6, 6.07) is 5.35. The van der Waals surface area contributed by atoms with Crippen LogP contribution >= 0.6 is 23.4 Å². The number of nitrogens with zero attached hydrogens (tertiary/aromatic N) is 3. The summed E-state index contributed by atoms with van der Waals surface area (Å²) in [5, 5.41) is 0.990. The maximum atomic E-state index is 12.7. The highest BCUT2D eigenvalue weighted by molar-refractivity contribution is 7.98. The van der Waals surface area contributed by atoms with Gasteiger partial charge in [0.1, 0.15) is 5.60 Å². The van der Waals surface area contributed by atoms with E-state index in [1.54, 1.807) is 26.8 Å². The minimum atomic E-state index is -0.667. The van der Waals surface area contributed by atoms with Crippen LogP contribution in [-0.4, -0.2) is 38.7 Å². The van der Waals surface area contributed by atoms with Gasteiger partial charge in [-0.2, -0.15) is 0 Å². The van der Waals surface area contributed by atoms with Crippen LogP contribution in [0.3, 0.4) is 0 Å². The van der Waals surface area contributed by atoms with Crippen LogP contribution in [0.4, 0.5) is 4.79 Å². The largest absolute Gasteiger partial charge is 0.443 e. The molecule has 0 saturated heterocycles. The Morgan fingerprint density at radius 3 is 2.73 bits per heavy atom. The van der Waals surface area contributed by atoms with Crippen molar-refractivity contribution in [2.45, 2.75) is 38.1 Å². The van der Waals surface area contributed by atoms with Gasteiger partial charge in [0.05, 0.1) is 23.5 Å². The molecule has 0 aliphatic carbocycles. The van der Waals surface area contributed by atoms with Gasteiger partial charge in [-0.25, -0.2) is 19.7 Å². The molecule has 0 N–H and O–H groups in total. The van der Waals surface area contributed by atoms with Gasteiger partial charge in [0.15, 0.2) is 5.16 Å². The number of ether oxygens (including phenoxy) is 1. The quantitative estimate of drug-likeness (QED) is 0.557. The maximum Gasteiger partial charge on any atom is 0.417 e. The number of imide groups is 1. The maximum absolute atomic E-state index is 12.7. The van der Waals surface area contributed by atoms with Gasteiger partial charge in [-0.05, 0) is 38.7 Å². The van der Waals surface area contributed by atoms with Crippen molar-refractivity contribution in [3.63, 3.8) is 0 Å². The first-order valence-electron chi connectivity index (χ1n) is 7.94. The third-order valence-electron chi connectivity index (χ3n) is 3.71. The Kier molecular flexibility index (Phi) is 4.94. The molecule has 26 heavy (non-hydrogen) atoms. The second-order valence-corrected chi connectivity index (χ2v) is 7.98. The van der Waals surface area contributed by atoms with Crippen LogP contribution < -0.4 is 0 Å². The third-order valence-corrected chi connectivity index (χ3v) is 4.54. The average molecular weight is 392 g/mol. The molecule has 0 radical (unpaired) electrons. The van der Waals surface area contributed by atoms with Gasteiger partial charge in [0.2, 0.25) is 0 Å². The normalized spacial score (nSPS) is 13.7. The highest BCUT2D eigenvalue weighted by atomic mass is 35.5. The first-order chi connectivity index (χ1) is 12.2. The van der Waals surface area contributed by atoms with Crippen molar-refractivity contribution in [2.75, 3.05) is 6.26 Å². The molecule has 6 nitrogen and oxygen atoms in total. The Labute approximate surface area is 160 Å². The van der Waals surface area contributed by atoms with Crippen LogP contribution in [0.5, 0.6) is 0 Å². The van der Waals surface area contributed by atoms with E-state index < -0.39 is 11.7 Å². The fraction of sp³-hybridized carbons (Fsp3) is 0.333. The van der Waals surface area contributed by atoms with Gasteiger partial charge in [-0.3, -0.25) is 4.79 Å². The number of benzene rings is 1. The van der Waals surface area contributed by atoms with E-state index >= 15 is 0 Å². The molecule has 0 fully saturated rings. The molecule has 0 saturated carbocycles. The molecule has 0 bridgehead atoms. The molecular formula is C18H18ClN3O3S. The van der Waals surface area contributed by atoms with Crippen LogP contribution in [-0.2, 0) is 11.3 Å². The summed E-state index contributed by atoms with van der Waals surface area (Å²) >= 11 is 7.63. The lowest BCUT2D eigenvalue weighted by molar-refractivity contribution is 0.0248. The van der Waals surface area contributed by atoms with Crippen LogP contribution in [0.25, 0.3) is 11.3 Å². The number of carbonyl (C=O) groups excluding carboxylic acids is 2. The highest BCUT2D eigenvalue weighted by Crippen LogP contribution is 2.32. The molecule has 3 rings (SSSR count). The van der Waals surface area contributed by atoms with Crippen LogP contribution in [0.15, 0.2) is 29.6 Å². The van der Waals surface area contributed by atoms with E-state index in [0.29, 0.717) is 27.0 Å². The lowest BCUT2D eigenvalue weighted by Gasteiger charge is -2.23. The second kappa shape index (κ2) is 6.89. The van der Waals surface area contributed by atoms with Gasteiger partial charge in [-0.1, -0.05) is 35.5 Å². The fourth-order valence-corrected chi connectivity index (χ4v) is 3.11. The molecule has 1 aliphatic rings. The van der Waals surface area contributed by atoms with Crippen LogP contribution in [0, 0.1) is 0 Å². The Hall–Kier alpha value is -2.12. The standard InChI is InChI=1S/C18H18ClN3O3S/c1-18(2,3)25-17(24)22-9-11-6-5-10(7-12(11)15(22)23)14-13(19)8-20-16(21-14)26-4/h5-8H,9H2,1-4H3. The smallest absolute Gasteiger partial charge is 0.417 e. The average Bonchev–Trinajstić information content (AvgIpc) is 2.90. The summed E-state index contributed by atoms with van der Waals surface area (Å²) in [5.41, 5.74) is 1.80. The number of hydrogen-bond donors (Lipinski definition) is 0. The zero-order chi connectivity index (χ0) is 19.1. The molecule has 2 aromatic rings. The van der Waals surface area contributed by atoms with Gasteiger partial charge in [-0.15, -0.1) is 0 Å². The predicted octanol–water partition coefficient (Wildman–Crippen LogP) is 4.41. The molecule has 8 heteroatoms. The molecule has 0 unspecified atom stereocenters. The highest BCUT2D eigenvalue weighted by Gasteiger charge is 2.35. The number of aromatic nitrogens is 2. The number of rotatable bonds is 2. The van der Waals surface area contributed by atoms with E-state index in [-0.39, 0.29) is 12.5 Å². The summed E-state index contributed by atoms with van der Waals surface area (Å²) in [5.74, 6) is -0.383. The van der Waals surface area contributed by atoms with Crippen molar-refractivity contribution >= 4 is 35.4 Å². The van der Waals surface area contributed by atoms with Crippen molar-refractivity contribution in [3.8, 4) is 11.3 Å². The van der Waals surface area contributed by atoms with Crippen molar-refractivity contribution in [2.24, 2.45) is 0 Å². The Morgan fingerprint density at radius 2 is 2.08 bits per heavy atom. The molecule has 1 aromatic carbocycles. The fourth-order valence-electron chi connectivity index (χ4n) is 2.56. The van der Waals surface area contributed by atoms with Gasteiger partial charge < -0.3 is 4.74 Å². The van der Waals surface area contributed by atoms with Gasteiger partial charge in [0, 0.05) is 11.1 Å². The molecule has 1 aliphatic heterocycles. The van der Waals surface area contributed by atoms with E-state index in [4.69, 9.17) is 16.3 Å². The monoisotopic (exact) mass is 391 g/mol. The van der Waals surface area contributed by atoms with Crippen LogP contribution in [0.1, 0.15) is 36.7 Å². The van der Waals surface area contributed by atoms with Crippen molar-refractivity contribution < 1.29 is 14.3 Å². The molecular weight excluding hydrogens is 374 g/mol. The minimum Gasteiger partial charge on any atom is -0.443 e. The van der Waals surface area contributed by atoms with E-state index in [0.717, 1.165) is 10.5 Å². The van der Waals surface area contributed by atoms with Gasteiger partial charge in [0.25, 0.3) is 5.91 Å². The number of amides is 2. The predicted molar refractivity (Wildman–Crippen MR) is 100 cm³/mol. The van der Waals surface area contributed by atoms with Crippen LogP contribution in [0.2, 0.25) is 5.02 Å². The summed E-state index contributed by atoms with van der Waals surface area (Å²) < 4.78 is 5.31. The molecule has 136 valence electrons. The van der Waals surface area contributed by atoms with E-state index in [9.17, 15) is 9.59 Å². The zero-order valence-corrected chi connectivity index (χ0v) is 16.4. The first kappa shape index (κ1) is 18.7. The zero-order valence-electron chi connectivity index (χ0n) is 14.9. The van der Waals surface area contributed by atoms with E-state index in [1.165, 1.54) is 18.0 Å². The second-order valence-electron chi connectivity index (χ2n) is 6.80. The van der Waals surface area contributed by atoms with Crippen molar-refractivity contribution in [1.82, 2.24) is 14.9 Å². The first-order valence-corrected chi connectivity index (χ1v) is 9.54. The lowest BCUT2D eigenvalue weighted by atomic mass is 10.0. The molecule has 0 atom stereocenters. The number of carbonyl (C=O) groups is 2. The molecule has 0 spiro atoms. The van der Waals surface area contributed by atoms with E-state index in [2.05, 4.69) is 9.97 Å². The Morgan fingerprint density at radius 1 is 1.35 bits per heavy atom. The Bertz CT molecular complexity index is 896. The van der Waals surface area contributed by atoms with E-state index in [1.807, 2.05) is 18.4 Å². The third kappa shape index (κ3) is 3.68. The number of hydrogen-bond acceptors (Lipinski definition) is 6. The van der Waals surface area contributed by atoms with Gasteiger partial charge >= 0.3 is 6.09 Å². The Balaban J connectivity index is 1.93. The number of fused-ring (bicyclic) bond motifs is 1. The molecule has 2 heterocycles. The molecule has 2 amide bonds.